The SMILES string of the molecule is CCCC(c1nnnn1CC1CCCO1)N1CCN(C)CC1.Cl. The summed E-state index contributed by atoms with van der Waals surface area (Å²) in [6.45, 7) is 8.31. The third-order valence-corrected chi connectivity index (χ3v) is 4.80. The van der Waals surface area contributed by atoms with Gasteiger partial charge in [0.2, 0.25) is 0 Å². The monoisotopic (exact) mass is 344 g/mol. The van der Waals surface area contributed by atoms with E-state index in [1.54, 1.807) is 0 Å². The normalized spacial score (nSPS) is 24.5. The van der Waals surface area contributed by atoms with Crippen LogP contribution in [0, 0.1) is 0 Å². The highest BCUT2D eigenvalue weighted by atomic mass is 35.5. The summed E-state index contributed by atoms with van der Waals surface area (Å²) in [5, 5.41) is 12.5. The lowest BCUT2D eigenvalue weighted by Crippen LogP contribution is -2.46. The zero-order valence-electron chi connectivity index (χ0n) is 14.2. The minimum absolute atomic E-state index is 0. The molecule has 0 spiro atoms. The van der Waals surface area contributed by atoms with Gasteiger partial charge in [0.05, 0.1) is 18.7 Å². The molecule has 1 aromatic rings. The second-order valence-electron chi connectivity index (χ2n) is 6.50. The Balaban J connectivity index is 0.00000192. The van der Waals surface area contributed by atoms with Crippen LogP contribution < -0.4 is 0 Å². The summed E-state index contributed by atoms with van der Waals surface area (Å²) in [4.78, 5) is 4.93. The molecular formula is C15H29ClN6O. The summed E-state index contributed by atoms with van der Waals surface area (Å²) in [5.74, 6) is 1.02. The van der Waals surface area contributed by atoms with Crippen LogP contribution in [-0.2, 0) is 11.3 Å². The van der Waals surface area contributed by atoms with E-state index in [2.05, 4.69) is 39.3 Å². The molecule has 0 aromatic carbocycles. The second kappa shape index (κ2) is 8.92. The van der Waals surface area contributed by atoms with Crippen molar-refractivity contribution in [2.75, 3.05) is 39.8 Å². The smallest absolute Gasteiger partial charge is 0.168 e. The highest BCUT2D eigenvalue weighted by Gasteiger charge is 2.29. The fourth-order valence-electron chi connectivity index (χ4n) is 3.44. The number of nitrogens with zero attached hydrogens (tertiary/aromatic N) is 6. The summed E-state index contributed by atoms with van der Waals surface area (Å²) in [6, 6.07) is 0.329. The zero-order valence-corrected chi connectivity index (χ0v) is 15.0. The topological polar surface area (TPSA) is 59.3 Å². The molecule has 132 valence electrons. The van der Waals surface area contributed by atoms with E-state index in [1.165, 1.54) is 0 Å². The molecule has 23 heavy (non-hydrogen) atoms. The van der Waals surface area contributed by atoms with Crippen LogP contribution >= 0.6 is 12.4 Å². The van der Waals surface area contributed by atoms with Crippen molar-refractivity contribution in [3.63, 3.8) is 0 Å². The molecule has 2 fully saturated rings. The molecule has 3 rings (SSSR count). The van der Waals surface area contributed by atoms with Gasteiger partial charge in [0.1, 0.15) is 0 Å². The molecule has 1 aromatic heterocycles. The van der Waals surface area contributed by atoms with Gasteiger partial charge < -0.3 is 9.64 Å². The standard InChI is InChI=1S/C15H28N6O.ClH/c1-3-5-14(20-9-7-19(2)8-10-20)15-16-17-18-21(15)12-13-6-4-11-22-13;/h13-14H,3-12H2,1-2H3;1H. The van der Waals surface area contributed by atoms with E-state index in [0.717, 1.165) is 70.8 Å². The fraction of sp³-hybridized carbons (Fsp3) is 0.933. The predicted molar refractivity (Wildman–Crippen MR) is 90.8 cm³/mol. The molecule has 7 nitrogen and oxygen atoms in total. The maximum Gasteiger partial charge on any atom is 0.168 e. The van der Waals surface area contributed by atoms with E-state index < -0.39 is 0 Å². The minimum atomic E-state index is 0. The molecule has 0 aliphatic carbocycles. The summed E-state index contributed by atoms with van der Waals surface area (Å²) < 4.78 is 7.72. The molecule has 2 atom stereocenters. The Morgan fingerprint density at radius 2 is 2.04 bits per heavy atom. The Kier molecular flexibility index (Phi) is 7.20. The van der Waals surface area contributed by atoms with Crippen LogP contribution in [0.15, 0.2) is 0 Å². The molecule has 0 N–H and O–H groups in total. The van der Waals surface area contributed by atoms with Crippen molar-refractivity contribution in [3.8, 4) is 0 Å². The van der Waals surface area contributed by atoms with Crippen LogP contribution in [0.2, 0.25) is 0 Å². The maximum atomic E-state index is 5.74. The second-order valence-corrected chi connectivity index (χ2v) is 6.50. The van der Waals surface area contributed by atoms with Gasteiger partial charge in [-0.05, 0) is 36.7 Å². The first-order chi connectivity index (χ1) is 10.8. The van der Waals surface area contributed by atoms with Crippen molar-refractivity contribution in [2.45, 2.75) is 51.3 Å². The molecule has 8 heteroatoms. The number of tetrazole rings is 1. The molecule has 2 aliphatic rings. The Morgan fingerprint density at radius 1 is 1.26 bits per heavy atom. The molecular weight excluding hydrogens is 316 g/mol. The first-order valence-corrected chi connectivity index (χ1v) is 8.58. The van der Waals surface area contributed by atoms with Crippen LogP contribution in [0.4, 0.5) is 0 Å². The number of halogens is 1. The van der Waals surface area contributed by atoms with E-state index in [0.29, 0.717) is 6.04 Å². The molecule has 2 aliphatic heterocycles. The van der Waals surface area contributed by atoms with E-state index in [-0.39, 0.29) is 18.5 Å². The van der Waals surface area contributed by atoms with Crippen molar-refractivity contribution in [3.05, 3.63) is 5.82 Å². The molecule has 2 unspecified atom stereocenters. The van der Waals surface area contributed by atoms with E-state index in [9.17, 15) is 0 Å². The number of hydrogen-bond acceptors (Lipinski definition) is 6. The molecule has 2 saturated heterocycles. The van der Waals surface area contributed by atoms with E-state index in [1.807, 2.05) is 4.68 Å². The number of ether oxygens (including phenoxy) is 1. The Morgan fingerprint density at radius 3 is 2.70 bits per heavy atom. The minimum Gasteiger partial charge on any atom is -0.376 e. The van der Waals surface area contributed by atoms with Crippen molar-refractivity contribution in [2.24, 2.45) is 0 Å². The van der Waals surface area contributed by atoms with E-state index >= 15 is 0 Å². The first-order valence-electron chi connectivity index (χ1n) is 8.58. The van der Waals surface area contributed by atoms with Crippen molar-refractivity contribution >= 4 is 12.4 Å². The Bertz CT molecular complexity index is 457. The summed E-state index contributed by atoms with van der Waals surface area (Å²) >= 11 is 0. The predicted octanol–water partition coefficient (Wildman–Crippen LogP) is 1.36. The van der Waals surface area contributed by atoms with Crippen molar-refractivity contribution < 1.29 is 4.74 Å². The van der Waals surface area contributed by atoms with Gasteiger partial charge in [0.25, 0.3) is 0 Å². The van der Waals surface area contributed by atoms with Gasteiger partial charge in [0, 0.05) is 32.8 Å². The fourth-order valence-corrected chi connectivity index (χ4v) is 3.44. The number of aromatic nitrogens is 4. The van der Waals surface area contributed by atoms with Crippen LogP contribution in [0.1, 0.15) is 44.5 Å². The lowest BCUT2D eigenvalue weighted by atomic mass is 10.1. The highest BCUT2D eigenvalue weighted by Crippen LogP contribution is 2.25. The largest absolute Gasteiger partial charge is 0.376 e. The summed E-state index contributed by atoms with van der Waals surface area (Å²) in [7, 11) is 2.19. The maximum absolute atomic E-state index is 5.74. The Hall–Kier alpha value is -0.760. The van der Waals surface area contributed by atoms with Gasteiger partial charge in [-0.25, -0.2) is 4.68 Å². The zero-order chi connectivity index (χ0) is 15.4. The van der Waals surface area contributed by atoms with Gasteiger partial charge in [-0.15, -0.1) is 17.5 Å². The van der Waals surface area contributed by atoms with Gasteiger partial charge in [-0.2, -0.15) is 0 Å². The summed E-state index contributed by atoms with van der Waals surface area (Å²) in [6.07, 6.45) is 4.79. The quantitative estimate of drug-likeness (QED) is 0.776. The first kappa shape index (κ1) is 18.6. The van der Waals surface area contributed by atoms with Crippen LogP contribution in [-0.4, -0.2) is 75.9 Å². The summed E-state index contributed by atoms with van der Waals surface area (Å²) in [5.41, 5.74) is 0. The van der Waals surface area contributed by atoms with Crippen LogP contribution in [0.25, 0.3) is 0 Å². The van der Waals surface area contributed by atoms with Gasteiger partial charge in [-0.1, -0.05) is 13.3 Å². The Labute approximate surface area is 144 Å². The van der Waals surface area contributed by atoms with Gasteiger partial charge in [0.15, 0.2) is 5.82 Å². The lowest BCUT2D eigenvalue weighted by molar-refractivity contribution is 0.0818. The molecule has 3 heterocycles. The number of hydrogen-bond donors (Lipinski definition) is 0. The third-order valence-electron chi connectivity index (χ3n) is 4.80. The van der Waals surface area contributed by atoms with E-state index in [4.69, 9.17) is 4.74 Å². The average molecular weight is 345 g/mol. The van der Waals surface area contributed by atoms with Crippen molar-refractivity contribution in [1.29, 1.82) is 0 Å². The molecule has 0 amide bonds. The third kappa shape index (κ3) is 4.62. The highest BCUT2D eigenvalue weighted by molar-refractivity contribution is 5.85. The van der Waals surface area contributed by atoms with Gasteiger partial charge >= 0.3 is 0 Å². The van der Waals surface area contributed by atoms with Crippen LogP contribution in [0.5, 0.6) is 0 Å². The lowest BCUT2D eigenvalue weighted by Gasteiger charge is -2.37. The number of piperazine rings is 1. The molecule has 0 radical (unpaired) electrons. The molecule has 0 saturated carbocycles. The van der Waals surface area contributed by atoms with Crippen molar-refractivity contribution in [1.82, 2.24) is 30.0 Å². The number of likely N-dealkylation sites (N-methyl/N-ethyl adjacent to an activating group) is 1. The van der Waals surface area contributed by atoms with Gasteiger partial charge in [-0.3, -0.25) is 4.90 Å². The van der Waals surface area contributed by atoms with Crippen LogP contribution in [0.3, 0.4) is 0 Å². The molecule has 0 bridgehead atoms. The number of rotatable bonds is 6. The average Bonchev–Trinajstić information content (AvgIpc) is 3.18.